The zero-order valence-corrected chi connectivity index (χ0v) is 15.8. The van der Waals surface area contributed by atoms with Gasteiger partial charge in [-0.3, -0.25) is 4.98 Å². The summed E-state index contributed by atoms with van der Waals surface area (Å²) in [5.74, 6) is 0.301. The third kappa shape index (κ3) is 3.66. The number of halogens is 1. The highest BCUT2D eigenvalue weighted by Gasteiger charge is 2.15. The van der Waals surface area contributed by atoms with Crippen LogP contribution in [0.3, 0.4) is 0 Å². The van der Waals surface area contributed by atoms with Gasteiger partial charge in [-0.15, -0.1) is 0 Å². The number of fused-ring (bicyclic) bond motifs is 1. The molecule has 5 nitrogen and oxygen atoms in total. The molecule has 139 valence electrons. The van der Waals surface area contributed by atoms with Crippen molar-refractivity contribution >= 4 is 28.2 Å². The number of benzene rings is 2. The molecule has 0 amide bonds. The predicted molar refractivity (Wildman–Crippen MR) is 109 cm³/mol. The zero-order chi connectivity index (χ0) is 18.8. The van der Waals surface area contributed by atoms with E-state index in [1.165, 1.54) is 7.11 Å². The Morgan fingerprint density at radius 1 is 1.22 bits per heavy atom. The Kier molecular flexibility index (Phi) is 5.05. The molecule has 3 aromatic rings. The van der Waals surface area contributed by atoms with Crippen LogP contribution in [0.15, 0.2) is 36.5 Å². The van der Waals surface area contributed by atoms with Crippen LogP contribution in [0.25, 0.3) is 22.0 Å². The van der Waals surface area contributed by atoms with Crippen molar-refractivity contribution in [3.63, 3.8) is 0 Å². The van der Waals surface area contributed by atoms with E-state index in [9.17, 15) is 5.11 Å². The molecule has 1 fully saturated rings. The molecule has 0 bridgehead atoms. The predicted octanol–water partition coefficient (Wildman–Crippen LogP) is 4.23. The second-order valence-corrected chi connectivity index (χ2v) is 7.09. The van der Waals surface area contributed by atoms with E-state index in [1.807, 2.05) is 12.1 Å². The van der Waals surface area contributed by atoms with Crippen molar-refractivity contribution in [1.29, 1.82) is 0 Å². The van der Waals surface area contributed by atoms with Gasteiger partial charge in [0.25, 0.3) is 0 Å². The van der Waals surface area contributed by atoms with Crippen molar-refractivity contribution in [3.8, 4) is 22.6 Å². The van der Waals surface area contributed by atoms with Gasteiger partial charge in [-0.05, 0) is 61.3 Å². The minimum atomic E-state index is -0.0491. The molecule has 1 saturated heterocycles. The van der Waals surface area contributed by atoms with Gasteiger partial charge in [0, 0.05) is 23.7 Å². The van der Waals surface area contributed by atoms with E-state index in [-0.39, 0.29) is 10.8 Å². The summed E-state index contributed by atoms with van der Waals surface area (Å²) < 4.78 is 5.23. The van der Waals surface area contributed by atoms with Crippen molar-refractivity contribution in [2.45, 2.75) is 18.9 Å². The van der Waals surface area contributed by atoms with Crippen LogP contribution < -0.4 is 15.4 Å². The van der Waals surface area contributed by atoms with Crippen molar-refractivity contribution in [1.82, 2.24) is 10.3 Å². The van der Waals surface area contributed by atoms with E-state index >= 15 is 0 Å². The van der Waals surface area contributed by atoms with E-state index in [0.29, 0.717) is 11.8 Å². The van der Waals surface area contributed by atoms with Crippen LogP contribution in [0.4, 0.5) is 5.69 Å². The first kappa shape index (κ1) is 17.9. The molecule has 2 heterocycles. The van der Waals surface area contributed by atoms with E-state index in [0.717, 1.165) is 53.6 Å². The molecule has 0 saturated carbocycles. The van der Waals surface area contributed by atoms with Gasteiger partial charge >= 0.3 is 0 Å². The molecule has 3 N–H and O–H groups in total. The Morgan fingerprint density at radius 2 is 2.04 bits per heavy atom. The lowest BCUT2D eigenvalue weighted by atomic mass is 10.0. The fourth-order valence-electron chi connectivity index (χ4n) is 3.46. The average molecular weight is 383 g/mol. The van der Waals surface area contributed by atoms with Crippen molar-refractivity contribution in [2.75, 3.05) is 25.5 Å². The summed E-state index contributed by atoms with van der Waals surface area (Å²) in [6.45, 7) is 2.05. The first-order valence-electron chi connectivity index (χ1n) is 9.00. The summed E-state index contributed by atoms with van der Waals surface area (Å²) >= 11 is 6.16. The second kappa shape index (κ2) is 7.62. The molecule has 0 aliphatic carbocycles. The zero-order valence-electron chi connectivity index (χ0n) is 15.1. The number of aromatic nitrogens is 1. The van der Waals surface area contributed by atoms with Crippen LogP contribution in [-0.2, 0) is 0 Å². The molecule has 1 aliphatic heterocycles. The van der Waals surface area contributed by atoms with Gasteiger partial charge in [0.2, 0.25) is 0 Å². The molecule has 0 unspecified atom stereocenters. The van der Waals surface area contributed by atoms with E-state index < -0.39 is 0 Å². The summed E-state index contributed by atoms with van der Waals surface area (Å²) in [7, 11) is 1.51. The number of aromatic hydroxyl groups is 1. The van der Waals surface area contributed by atoms with E-state index in [1.54, 1.807) is 18.3 Å². The molecule has 4 rings (SSSR count). The number of phenols is 1. The van der Waals surface area contributed by atoms with E-state index in [2.05, 4.69) is 27.8 Å². The van der Waals surface area contributed by atoms with Gasteiger partial charge < -0.3 is 20.5 Å². The van der Waals surface area contributed by atoms with Crippen LogP contribution >= 0.6 is 11.6 Å². The number of anilines is 1. The molecule has 27 heavy (non-hydrogen) atoms. The van der Waals surface area contributed by atoms with Crippen molar-refractivity contribution in [2.24, 2.45) is 0 Å². The van der Waals surface area contributed by atoms with Crippen LogP contribution in [0.1, 0.15) is 12.8 Å². The Hall–Kier alpha value is -2.50. The summed E-state index contributed by atoms with van der Waals surface area (Å²) in [5.41, 5.74) is 3.71. The maximum Gasteiger partial charge on any atom is 0.176 e. The highest BCUT2D eigenvalue weighted by Crippen LogP contribution is 2.39. The Morgan fingerprint density at radius 3 is 2.81 bits per heavy atom. The summed E-state index contributed by atoms with van der Waals surface area (Å²) in [5, 5.41) is 18.3. The number of nitrogens with one attached hydrogen (secondary N) is 2. The highest BCUT2D eigenvalue weighted by atomic mass is 35.5. The molecular weight excluding hydrogens is 362 g/mol. The second-order valence-electron chi connectivity index (χ2n) is 6.69. The van der Waals surface area contributed by atoms with Gasteiger partial charge in [-0.1, -0.05) is 17.7 Å². The van der Waals surface area contributed by atoms with Gasteiger partial charge in [0.1, 0.15) is 0 Å². The molecule has 1 aromatic heterocycles. The first-order chi connectivity index (χ1) is 13.2. The summed E-state index contributed by atoms with van der Waals surface area (Å²) in [6, 6.07) is 13.2. The lowest BCUT2D eigenvalue weighted by Crippen LogP contribution is -2.35. The maximum atomic E-state index is 9.98. The fraction of sp³-hybridized carbons (Fsp3) is 0.286. The number of phenolic OH excluding ortho intramolecular Hbond substituents is 1. The lowest BCUT2D eigenvalue weighted by molar-refractivity contribution is 0.374. The largest absolute Gasteiger partial charge is 0.503 e. The minimum absolute atomic E-state index is 0.0491. The minimum Gasteiger partial charge on any atom is -0.503 e. The summed E-state index contributed by atoms with van der Waals surface area (Å²) in [4.78, 5) is 4.44. The first-order valence-corrected chi connectivity index (χ1v) is 9.38. The molecule has 0 atom stereocenters. The quantitative estimate of drug-likeness (QED) is 0.630. The van der Waals surface area contributed by atoms with Crippen molar-refractivity contribution in [3.05, 3.63) is 47.6 Å². The van der Waals surface area contributed by atoms with Gasteiger partial charge in [0.15, 0.2) is 11.5 Å². The Bertz CT molecular complexity index is 971. The molecule has 6 heteroatoms. The lowest BCUT2D eigenvalue weighted by Gasteiger charge is -2.25. The normalized spacial score (nSPS) is 15.0. The van der Waals surface area contributed by atoms with Crippen LogP contribution in [0.5, 0.6) is 11.5 Å². The third-order valence-corrected chi connectivity index (χ3v) is 5.24. The van der Waals surface area contributed by atoms with Crippen LogP contribution in [0.2, 0.25) is 5.02 Å². The SMILES string of the molecule is COc1cc(-c2ccc3nc[c]c(NC4CCNCC4)c3c2)cc(Cl)c1O. The average Bonchev–Trinajstić information content (AvgIpc) is 2.70. The topological polar surface area (TPSA) is 66.4 Å². The number of rotatable bonds is 4. The number of ether oxygens (including phenoxy) is 1. The molecule has 1 radical (unpaired) electrons. The molecule has 2 aromatic carbocycles. The van der Waals surface area contributed by atoms with Crippen LogP contribution in [-0.4, -0.2) is 36.3 Å². The number of nitrogens with zero attached hydrogens (tertiary/aromatic N) is 1. The van der Waals surface area contributed by atoms with Crippen LogP contribution in [0, 0.1) is 6.07 Å². The number of hydrogen-bond donors (Lipinski definition) is 3. The number of pyridine rings is 1. The van der Waals surface area contributed by atoms with Gasteiger partial charge in [0.05, 0.1) is 23.3 Å². The Balaban J connectivity index is 1.75. The van der Waals surface area contributed by atoms with Gasteiger partial charge in [-0.25, -0.2) is 0 Å². The molecule has 1 aliphatic rings. The Labute approximate surface area is 163 Å². The maximum absolute atomic E-state index is 9.98. The molecular formula is C21H21ClN3O2. The monoisotopic (exact) mass is 382 g/mol. The van der Waals surface area contributed by atoms with Crippen molar-refractivity contribution < 1.29 is 9.84 Å². The smallest absolute Gasteiger partial charge is 0.176 e. The molecule has 0 spiro atoms. The highest BCUT2D eigenvalue weighted by molar-refractivity contribution is 6.32. The standard InChI is InChI=1S/C21H21ClN3O2/c1-27-20-12-14(11-17(22)21(20)26)13-2-3-18-16(10-13)19(6-9-24-18)25-15-4-7-23-8-5-15/h2-3,9-12,15,23,26H,4-5,7-8H2,1H3,(H,24,25). The third-order valence-electron chi connectivity index (χ3n) is 4.95. The van der Waals surface area contributed by atoms with Gasteiger partial charge in [-0.2, -0.15) is 0 Å². The number of methoxy groups -OCH3 is 1. The number of hydrogen-bond acceptors (Lipinski definition) is 5. The number of piperidine rings is 1. The fourth-order valence-corrected chi connectivity index (χ4v) is 3.67. The van der Waals surface area contributed by atoms with E-state index in [4.69, 9.17) is 16.3 Å². The summed E-state index contributed by atoms with van der Waals surface area (Å²) in [6.07, 6.45) is 3.89.